The van der Waals surface area contributed by atoms with Crippen molar-refractivity contribution >= 4 is 17.7 Å². The number of aliphatic carboxylic acids is 1. The number of anilines is 1. The first-order valence-electron chi connectivity index (χ1n) is 12.8. The predicted octanol–water partition coefficient (Wildman–Crippen LogP) is 4.86. The number of amides is 2. The highest BCUT2D eigenvalue weighted by Crippen LogP contribution is 2.33. The number of hydrogen-bond acceptors (Lipinski definition) is 3. The van der Waals surface area contributed by atoms with Crippen LogP contribution in [0, 0.1) is 5.92 Å². The lowest BCUT2D eigenvalue weighted by atomic mass is 9.92. The van der Waals surface area contributed by atoms with E-state index in [1.165, 1.54) is 11.1 Å². The van der Waals surface area contributed by atoms with Crippen molar-refractivity contribution in [3.63, 3.8) is 0 Å². The van der Waals surface area contributed by atoms with E-state index in [-0.39, 0.29) is 18.0 Å². The van der Waals surface area contributed by atoms with Crippen LogP contribution in [0.4, 0.5) is 10.5 Å². The molecule has 6 heteroatoms. The highest BCUT2D eigenvalue weighted by molar-refractivity contribution is 5.95. The van der Waals surface area contributed by atoms with E-state index < -0.39 is 5.97 Å². The van der Waals surface area contributed by atoms with Crippen LogP contribution in [0.3, 0.4) is 0 Å². The molecule has 2 aliphatic heterocycles. The number of benzene rings is 2. The summed E-state index contributed by atoms with van der Waals surface area (Å²) in [6, 6.07) is 14.4. The molecular formula is C28H37N3O3. The van der Waals surface area contributed by atoms with Gasteiger partial charge < -0.3 is 15.7 Å². The van der Waals surface area contributed by atoms with E-state index in [2.05, 4.69) is 47.9 Å². The first-order chi connectivity index (χ1) is 16.6. The molecule has 2 aliphatic rings. The van der Waals surface area contributed by atoms with Crippen LogP contribution in [-0.2, 0) is 24.1 Å². The van der Waals surface area contributed by atoms with E-state index in [0.717, 1.165) is 74.8 Å². The Bertz CT molecular complexity index is 989. The Kier molecular flexibility index (Phi) is 8.22. The van der Waals surface area contributed by atoms with Gasteiger partial charge in [0.1, 0.15) is 0 Å². The zero-order valence-corrected chi connectivity index (χ0v) is 20.2. The van der Waals surface area contributed by atoms with E-state index in [1.54, 1.807) is 0 Å². The van der Waals surface area contributed by atoms with Gasteiger partial charge in [-0.2, -0.15) is 0 Å². The maximum Gasteiger partial charge on any atom is 0.322 e. The summed E-state index contributed by atoms with van der Waals surface area (Å²) >= 11 is 0. The normalized spacial score (nSPS) is 18.8. The van der Waals surface area contributed by atoms with Gasteiger partial charge in [-0.1, -0.05) is 62.9 Å². The predicted molar refractivity (Wildman–Crippen MR) is 135 cm³/mol. The Morgan fingerprint density at radius 1 is 1.06 bits per heavy atom. The number of carbonyl (C=O) groups excluding carboxylic acids is 1. The van der Waals surface area contributed by atoms with Crippen LogP contribution < -0.4 is 15.5 Å². The molecule has 0 radical (unpaired) electrons. The second-order valence-electron chi connectivity index (χ2n) is 9.61. The second kappa shape index (κ2) is 11.5. The summed E-state index contributed by atoms with van der Waals surface area (Å²) in [6.07, 6.45) is 7.63. The molecule has 0 spiro atoms. The molecule has 1 saturated heterocycles. The Labute approximate surface area is 202 Å². The summed E-state index contributed by atoms with van der Waals surface area (Å²) in [5, 5.41) is 16.1. The van der Waals surface area contributed by atoms with Gasteiger partial charge in [0, 0.05) is 12.2 Å². The molecule has 0 aromatic heterocycles. The number of nitrogens with zero attached hydrogens (tertiary/aromatic N) is 1. The number of nitrogens with one attached hydrogen (secondary N) is 2. The molecular weight excluding hydrogens is 426 g/mol. The highest BCUT2D eigenvalue weighted by Gasteiger charge is 2.33. The molecule has 0 aliphatic carbocycles. The number of urea groups is 1. The van der Waals surface area contributed by atoms with Crippen molar-refractivity contribution in [3.05, 3.63) is 64.7 Å². The smallest absolute Gasteiger partial charge is 0.322 e. The minimum absolute atomic E-state index is 0.0706. The van der Waals surface area contributed by atoms with Crippen LogP contribution in [0.2, 0.25) is 0 Å². The molecule has 2 aromatic rings. The first kappa shape index (κ1) is 24.3. The lowest BCUT2D eigenvalue weighted by Gasteiger charge is -2.25. The summed E-state index contributed by atoms with van der Waals surface area (Å²) in [6.45, 7) is 4.68. The van der Waals surface area contributed by atoms with Crippen molar-refractivity contribution in [1.29, 1.82) is 0 Å². The largest absolute Gasteiger partial charge is 0.481 e. The van der Waals surface area contributed by atoms with Gasteiger partial charge in [-0.05, 0) is 73.2 Å². The van der Waals surface area contributed by atoms with Crippen LogP contribution in [0.5, 0.6) is 0 Å². The molecule has 2 amide bonds. The quantitative estimate of drug-likeness (QED) is 0.440. The molecule has 0 bridgehead atoms. The third-order valence-corrected chi connectivity index (χ3v) is 7.19. The lowest BCUT2D eigenvalue weighted by molar-refractivity contribution is -0.142. The van der Waals surface area contributed by atoms with E-state index >= 15 is 0 Å². The van der Waals surface area contributed by atoms with Crippen LogP contribution in [0.15, 0.2) is 42.5 Å². The minimum atomic E-state index is -0.712. The molecule has 2 aromatic carbocycles. The molecule has 182 valence electrons. The van der Waals surface area contributed by atoms with E-state index in [0.29, 0.717) is 13.0 Å². The monoisotopic (exact) mass is 463 g/mol. The van der Waals surface area contributed by atoms with Gasteiger partial charge in [-0.15, -0.1) is 0 Å². The van der Waals surface area contributed by atoms with Crippen LogP contribution in [0.1, 0.15) is 67.3 Å². The fraction of sp³-hybridized carbons (Fsp3) is 0.500. The molecule has 2 unspecified atom stereocenters. The van der Waals surface area contributed by atoms with Crippen molar-refractivity contribution in [2.45, 2.75) is 64.3 Å². The summed E-state index contributed by atoms with van der Waals surface area (Å²) in [7, 11) is 0. The summed E-state index contributed by atoms with van der Waals surface area (Å²) in [5.41, 5.74) is 5.70. The molecule has 2 heterocycles. The Hall–Kier alpha value is -2.86. The summed E-state index contributed by atoms with van der Waals surface area (Å²) < 4.78 is 0. The Morgan fingerprint density at radius 3 is 2.56 bits per heavy atom. The Morgan fingerprint density at radius 2 is 1.82 bits per heavy atom. The average Bonchev–Trinajstić information content (AvgIpc) is 3.07. The zero-order chi connectivity index (χ0) is 23.9. The summed E-state index contributed by atoms with van der Waals surface area (Å²) in [4.78, 5) is 26.4. The third kappa shape index (κ3) is 5.79. The van der Waals surface area contributed by atoms with Gasteiger partial charge in [-0.3, -0.25) is 9.69 Å². The topological polar surface area (TPSA) is 81.7 Å². The van der Waals surface area contributed by atoms with Crippen molar-refractivity contribution in [3.8, 4) is 0 Å². The summed E-state index contributed by atoms with van der Waals surface area (Å²) in [5.74, 6) is -1.06. The maximum atomic E-state index is 12.8. The molecule has 6 nitrogen and oxygen atoms in total. The van der Waals surface area contributed by atoms with E-state index in [9.17, 15) is 14.7 Å². The fourth-order valence-corrected chi connectivity index (χ4v) is 5.17. The number of carboxylic acid groups (broad SMARTS) is 1. The average molecular weight is 464 g/mol. The van der Waals surface area contributed by atoms with Crippen molar-refractivity contribution < 1.29 is 14.7 Å². The number of unbranched alkanes of at least 4 members (excludes halogenated alkanes) is 3. The highest BCUT2D eigenvalue weighted by atomic mass is 16.4. The molecule has 2 atom stereocenters. The SMILES string of the molecule is CCCCCCC(Cc1ccc(C2CNC(=O)N2c2ccc3c(c2)CCNCC3)cc1)C(=O)O. The van der Waals surface area contributed by atoms with Gasteiger partial charge >= 0.3 is 12.0 Å². The first-order valence-corrected chi connectivity index (χ1v) is 12.8. The third-order valence-electron chi connectivity index (χ3n) is 7.19. The minimum Gasteiger partial charge on any atom is -0.481 e. The van der Waals surface area contributed by atoms with Crippen molar-refractivity contribution in [2.24, 2.45) is 5.92 Å². The Balaban J connectivity index is 1.46. The van der Waals surface area contributed by atoms with Crippen LogP contribution in [-0.4, -0.2) is 36.7 Å². The lowest BCUT2D eigenvalue weighted by Crippen LogP contribution is -2.29. The van der Waals surface area contributed by atoms with Crippen molar-refractivity contribution in [1.82, 2.24) is 10.6 Å². The number of rotatable bonds is 10. The standard InChI is InChI=1S/C28H37N3O3/c1-2-3-4-5-6-24(27(32)33)17-20-7-9-22(10-8-20)26-19-30-28(34)31(26)25-12-11-21-13-15-29-16-14-23(21)18-25/h7-12,18,24,26,29H,2-6,13-17,19H2,1H3,(H,30,34)(H,32,33). The molecule has 0 saturated carbocycles. The van der Waals surface area contributed by atoms with Crippen molar-refractivity contribution in [2.75, 3.05) is 24.5 Å². The maximum absolute atomic E-state index is 12.8. The van der Waals surface area contributed by atoms with Crippen LogP contribution in [0.25, 0.3) is 0 Å². The van der Waals surface area contributed by atoms with E-state index in [4.69, 9.17) is 0 Å². The second-order valence-corrected chi connectivity index (χ2v) is 9.61. The molecule has 34 heavy (non-hydrogen) atoms. The molecule has 3 N–H and O–H groups in total. The number of carbonyl (C=O) groups is 2. The van der Waals surface area contributed by atoms with E-state index in [1.807, 2.05) is 17.0 Å². The van der Waals surface area contributed by atoms with Crippen LogP contribution >= 0.6 is 0 Å². The fourth-order valence-electron chi connectivity index (χ4n) is 5.17. The van der Waals surface area contributed by atoms with Gasteiger partial charge in [0.25, 0.3) is 0 Å². The number of hydrogen-bond donors (Lipinski definition) is 3. The van der Waals surface area contributed by atoms with Gasteiger partial charge in [0.15, 0.2) is 0 Å². The number of fused-ring (bicyclic) bond motifs is 1. The number of carboxylic acids is 1. The van der Waals surface area contributed by atoms with Gasteiger partial charge in [0.2, 0.25) is 0 Å². The molecule has 1 fully saturated rings. The molecule has 4 rings (SSSR count). The van der Waals surface area contributed by atoms with Gasteiger partial charge in [-0.25, -0.2) is 4.79 Å². The zero-order valence-electron chi connectivity index (χ0n) is 20.2. The van der Waals surface area contributed by atoms with Gasteiger partial charge in [0.05, 0.1) is 12.0 Å².